The monoisotopic (exact) mass is 313 g/mol. The molecule has 1 saturated heterocycles. The minimum atomic E-state index is -3.06. The first-order valence-electron chi connectivity index (χ1n) is 7.19. The van der Waals surface area contributed by atoms with Gasteiger partial charge >= 0.3 is 0 Å². The van der Waals surface area contributed by atoms with Gasteiger partial charge in [0.05, 0.1) is 5.75 Å². The number of hydrogen-bond acceptors (Lipinski definition) is 4. The molecule has 1 aliphatic heterocycles. The van der Waals surface area contributed by atoms with Gasteiger partial charge in [-0.15, -0.1) is 0 Å². The van der Waals surface area contributed by atoms with Crippen LogP contribution < -0.4 is 5.32 Å². The predicted molar refractivity (Wildman–Crippen MR) is 82.2 cm³/mol. The van der Waals surface area contributed by atoms with Gasteiger partial charge in [0.15, 0.2) is 0 Å². The first-order chi connectivity index (χ1) is 9.88. The van der Waals surface area contributed by atoms with Crippen LogP contribution in [0.2, 0.25) is 0 Å². The molecule has 0 aliphatic carbocycles. The lowest BCUT2D eigenvalue weighted by Gasteiger charge is -2.27. The highest BCUT2D eigenvalue weighted by Crippen LogP contribution is 2.21. The van der Waals surface area contributed by atoms with E-state index < -0.39 is 9.84 Å². The number of carbonyl (C=O) groups is 1. The maximum Gasteiger partial charge on any atom is 0.270 e. The van der Waals surface area contributed by atoms with Crippen LogP contribution in [0.5, 0.6) is 0 Å². The third-order valence-electron chi connectivity index (χ3n) is 3.84. The lowest BCUT2D eigenvalue weighted by atomic mass is 10.1. The molecule has 2 heterocycles. The van der Waals surface area contributed by atoms with Gasteiger partial charge in [0.25, 0.3) is 5.91 Å². The Morgan fingerprint density at radius 3 is 2.71 bits per heavy atom. The zero-order chi connectivity index (χ0) is 15.5. The van der Waals surface area contributed by atoms with Crippen molar-refractivity contribution in [2.45, 2.75) is 18.9 Å². The van der Waals surface area contributed by atoms with Crippen molar-refractivity contribution in [1.29, 1.82) is 0 Å². The molecule has 0 atom stereocenters. The Balaban J connectivity index is 2.07. The van der Waals surface area contributed by atoms with Crippen LogP contribution in [0.3, 0.4) is 0 Å². The molecule has 0 radical (unpaired) electrons. The summed E-state index contributed by atoms with van der Waals surface area (Å²) < 4.78 is 24.4. The summed E-state index contributed by atoms with van der Waals surface area (Å²) in [6, 6.07) is 4.02. The number of hydrogen-bond donors (Lipinski definition) is 1. The number of aromatic nitrogens is 1. The van der Waals surface area contributed by atoms with E-state index in [1.165, 1.54) is 11.2 Å². The molecule has 1 fully saturated rings. The number of rotatable bonds is 5. The molecule has 1 aromatic heterocycles. The average molecular weight is 313 g/mol. The molecule has 1 aromatic rings. The third kappa shape index (κ3) is 4.31. The molecule has 6 nitrogen and oxygen atoms in total. The molecule has 1 amide bonds. The van der Waals surface area contributed by atoms with Gasteiger partial charge in [0, 0.05) is 32.1 Å². The fourth-order valence-corrected chi connectivity index (χ4v) is 3.18. The fraction of sp³-hybridized carbons (Fsp3) is 0.643. The van der Waals surface area contributed by atoms with Crippen LogP contribution in [0.15, 0.2) is 18.3 Å². The topological polar surface area (TPSA) is 71.4 Å². The normalized spacial score (nSPS) is 16.9. The molecule has 0 aromatic carbocycles. The second-order valence-electron chi connectivity index (χ2n) is 5.64. The largest absolute Gasteiger partial charge is 0.340 e. The van der Waals surface area contributed by atoms with E-state index in [9.17, 15) is 13.2 Å². The Bertz CT molecular complexity index is 588. The standard InChI is InChI=1S/C14H23N3O3S/c1-16(10-11-21(2,19)20)14(18)13-4-3-9-17(13)12-5-7-15-8-6-12/h3-4,9,12,15H,5-8,10-11H2,1-2H3. The lowest BCUT2D eigenvalue weighted by Crippen LogP contribution is -2.35. The smallest absolute Gasteiger partial charge is 0.270 e. The molecular weight excluding hydrogens is 290 g/mol. The Hall–Kier alpha value is -1.34. The SMILES string of the molecule is CN(CCS(C)(=O)=O)C(=O)c1cccn1C1CCNCC1. The molecule has 118 valence electrons. The highest BCUT2D eigenvalue weighted by atomic mass is 32.2. The maximum absolute atomic E-state index is 12.5. The zero-order valence-electron chi connectivity index (χ0n) is 12.6. The molecule has 7 heteroatoms. The summed E-state index contributed by atoms with van der Waals surface area (Å²) in [5.74, 6) is -0.134. The number of carbonyl (C=O) groups excluding carboxylic acids is 1. The minimum absolute atomic E-state index is 0.0106. The molecule has 2 rings (SSSR count). The highest BCUT2D eigenvalue weighted by molar-refractivity contribution is 7.90. The van der Waals surface area contributed by atoms with Gasteiger partial charge in [-0.25, -0.2) is 8.42 Å². The van der Waals surface area contributed by atoms with Gasteiger partial charge in [-0.05, 0) is 38.1 Å². The van der Waals surface area contributed by atoms with Crippen LogP contribution in [0.1, 0.15) is 29.4 Å². The number of nitrogens with one attached hydrogen (secondary N) is 1. The van der Waals surface area contributed by atoms with E-state index in [2.05, 4.69) is 5.32 Å². The summed E-state index contributed by atoms with van der Waals surface area (Å²) in [5.41, 5.74) is 0.637. The van der Waals surface area contributed by atoms with Crippen molar-refractivity contribution in [3.63, 3.8) is 0 Å². The number of piperidine rings is 1. The first-order valence-corrected chi connectivity index (χ1v) is 9.25. The van der Waals surface area contributed by atoms with Crippen LogP contribution in [0, 0.1) is 0 Å². The minimum Gasteiger partial charge on any atom is -0.340 e. The van der Waals surface area contributed by atoms with Gasteiger partial charge in [0.2, 0.25) is 0 Å². The molecule has 0 spiro atoms. The van der Waals surface area contributed by atoms with Gasteiger partial charge in [0.1, 0.15) is 15.5 Å². The predicted octanol–water partition coefficient (Wildman–Crippen LogP) is 0.529. The second-order valence-corrected chi connectivity index (χ2v) is 7.90. The summed E-state index contributed by atoms with van der Waals surface area (Å²) in [6.45, 7) is 2.13. The zero-order valence-corrected chi connectivity index (χ0v) is 13.4. The van der Waals surface area contributed by atoms with Crippen LogP contribution in [-0.2, 0) is 9.84 Å². The van der Waals surface area contributed by atoms with Gasteiger partial charge in [-0.3, -0.25) is 4.79 Å². The van der Waals surface area contributed by atoms with Crippen molar-refractivity contribution in [3.05, 3.63) is 24.0 Å². The molecule has 1 N–H and O–H groups in total. The van der Waals surface area contributed by atoms with Gasteiger partial charge in [-0.1, -0.05) is 0 Å². The first kappa shape index (κ1) is 16.0. The van der Waals surface area contributed by atoms with Crippen LogP contribution in [-0.4, -0.2) is 62.5 Å². The summed E-state index contributed by atoms with van der Waals surface area (Å²) in [6.07, 6.45) is 5.13. The molecule has 21 heavy (non-hydrogen) atoms. The van der Waals surface area contributed by atoms with E-state index in [1.807, 2.05) is 16.8 Å². The van der Waals surface area contributed by atoms with Crippen LogP contribution >= 0.6 is 0 Å². The average Bonchev–Trinajstić information content (AvgIpc) is 2.93. The summed E-state index contributed by atoms with van der Waals surface area (Å²) in [5, 5.41) is 3.31. The third-order valence-corrected chi connectivity index (χ3v) is 4.77. The quantitative estimate of drug-likeness (QED) is 0.861. The van der Waals surface area contributed by atoms with Crippen molar-refractivity contribution in [3.8, 4) is 0 Å². The fourth-order valence-electron chi connectivity index (χ4n) is 2.58. The van der Waals surface area contributed by atoms with Crippen molar-refractivity contribution < 1.29 is 13.2 Å². The van der Waals surface area contributed by atoms with E-state index in [0.717, 1.165) is 25.9 Å². The molecule has 0 saturated carbocycles. The lowest BCUT2D eigenvalue weighted by molar-refractivity contribution is 0.0789. The second kappa shape index (κ2) is 6.62. The summed E-state index contributed by atoms with van der Waals surface area (Å²) in [7, 11) is -1.41. The maximum atomic E-state index is 12.5. The number of amides is 1. The summed E-state index contributed by atoms with van der Waals surface area (Å²) in [4.78, 5) is 14.0. The number of nitrogens with zero attached hydrogens (tertiary/aromatic N) is 2. The molecule has 0 unspecified atom stereocenters. The van der Waals surface area contributed by atoms with E-state index >= 15 is 0 Å². The molecular formula is C14H23N3O3S. The van der Waals surface area contributed by atoms with Crippen molar-refractivity contribution in [2.75, 3.05) is 38.7 Å². The molecule has 1 aliphatic rings. The van der Waals surface area contributed by atoms with Crippen LogP contribution in [0.4, 0.5) is 0 Å². The van der Waals surface area contributed by atoms with Crippen LogP contribution in [0.25, 0.3) is 0 Å². The van der Waals surface area contributed by atoms with Crippen molar-refractivity contribution in [2.24, 2.45) is 0 Å². The van der Waals surface area contributed by atoms with Gasteiger partial charge in [-0.2, -0.15) is 0 Å². The van der Waals surface area contributed by atoms with E-state index in [0.29, 0.717) is 11.7 Å². The molecule has 0 bridgehead atoms. The van der Waals surface area contributed by atoms with E-state index in [-0.39, 0.29) is 18.2 Å². The summed E-state index contributed by atoms with van der Waals surface area (Å²) >= 11 is 0. The number of sulfone groups is 1. The Labute approximate surface area is 126 Å². The highest BCUT2D eigenvalue weighted by Gasteiger charge is 2.22. The Morgan fingerprint density at radius 2 is 2.10 bits per heavy atom. The van der Waals surface area contributed by atoms with Crippen molar-refractivity contribution >= 4 is 15.7 Å². The van der Waals surface area contributed by atoms with E-state index in [1.54, 1.807) is 13.1 Å². The van der Waals surface area contributed by atoms with E-state index in [4.69, 9.17) is 0 Å². The van der Waals surface area contributed by atoms with Crippen molar-refractivity contribution in [1.82, 2.24) is 14.8 Å². The van der Waals surface area contributed by atoms with Gasteiger partial charge < -0.3 is 14.8 Å². The Kier molecular flexibility index (Phi) is 5.05. The Morgan fingerprint density at radius 1 is 1.43 bits per heavy atom.